The average Bonchev–Trinajstić information content (AvgIpc) is 3.61. The highest BCUT2D eigenvalue weighted by atomic mass is 16.8. The van der Waals surface area contributed by atoms with Gasteiger partial charge in [0.05, 0.1) is 39.5 Å². The molecule has 3 fully saturated rings. The maximum absolute atomic E-state index is 13.4. The van der Waals surface area contributed by atoms with Crippen LogP contribution in [0.5, 0.6) is 28.7 Å². The molecule has 226 valence electrons. The minimum Gasteiger partial charge on any atom is -0.502 e. The van der Waals surface area contributed by atoms with Crippen LogP contribution in [0.2, 0.25) is 0 Å². The second kappa shape index (κ2) is 10.4. The summed E-state index contributed by atoms with van der Waals surface area (Å²) in [5.41, 5.74) is 2.01. The molecule has 0 spiro atoms. The Morgan fingerprint density at radius 2 is 1.57 bits per heavy atom. The van der Waals surface area contributed by atoms with Gasteiger partial charge >= 0.3 is 5.97 Å². The third-order valence-corrected chi connectivity index (χ3v) is 8.75. The zero-order chi connectivity index (χ0) is 29.3. The topological polar surface area (TPSA) is 161 Å². The summed E-state index contributed by atoms with van der Waals surface area (Å²) in [5.74, 6) is -1.02. The molecule has 0 saturated carbocycles. The number of phenols is 1. The van der Waals surface area contributed by atoms with Crippen LogP contribution in [0.25, 0.3) is 0 Å². The van der Waals surface area contributed by atoms with E-state index in [2.05, 4.69) is 0 Å². The lowest BCUT2D eigenvalue weighted by Crippen LogP contribution is -2.63. The second-order valence-electron chi connectivity index (χ2n) is 11.0. The van der Waals surface area contributed by atoms with E-state index in [1.165, 1.54) is 14.2 Å². The number of aromatic hydroxyl groups is 1. The first-order chi connectivity index (χ1) is 20.3. The number of aliphatic hydroxyl groups is 2. The molecule has 5 aliphatic rings. The number of hydrogen-bond donors (Lipinski definition) is 3. The molecule has 2 aromatic rings. The number of phenolic OH excluding ortho intramolecular Hbond substituents is 1. The monoisotopic (exact) mass is 588 g/mol. The summed E-state index contributed by atoms with van der Waals surface area (Å²) in [5, 5.41) is 32.5. The summed E-state index contributed by atoms with van der Waals surface area (Å²) >= 11 is 0. The van der Waals surface area contributed by atoms with Gasteiger partial charge < -0.3 is 58.0 Å². The van der Waals surface area contributed by atoms with Gasteiger partial charge in [-0.2, -0.15) is 0 Å². The van der Waals surface area contributed by atoms with Crippen molar-refractivity contribution < 1.29 is 62.7 Å². The summed E-state index contributed by atoms with van der Waals surface area (Å²) in [6.45, 7) is 1.93. The number of hydrogen-bond acceptors (Lipinski definition) is 13. The summed E-state index contributed by atoms with van der Waals surface area (Å²) < 4.78 is 51.5. The van der Waals surface area contributed by atoms with E-state index in [1.54, 1.807) is 31.2 Å². The Bertz CT molecular complexity index is 1350. The Morgan fingerprint density at radius 3 is 2.26 bits per heavy atom. The molecule has 10 atom stereocenters. The molecular weight excluding hydrogens is 556 g/mol. The fourth-order valence-corrected chi connectivity index (χ4v) is 6.74. The Morgan fingerprint density at radius 1 is 0.881 bits per heavy atom. The molecule has 0 bridgehead atoms. The third-order valence-electron chi connectivity index (χ3n) is 8.75. The van der Waals surface area contributed by atoms with Crippen LogP contribution in [0.4, 0.5) is 0 Å². The fourth-order valence-electron chi connectivity index (χ4n) is 6.74. The van der Waals surface area contributed by atoms with Crippen LogP contribution in [0, 0.1) is 11.8 Å². The van der Waals surface area contributed by atoms with Crippen LogP contribution in [-0.2, 0) is 28.5 Å². The van der Waals surface area contributed by atoms with E-state index in [0.29, 0.717) is 28.2 Å². The third kappa shape index (κ3) is 4.26. The molecule has 4 heterocycles. The number of rotatable bonds is 5. The van der Waals surface area contributed by atoms with Crippen molar-refractivity contribution in [1.82, 2.24) is 0 Å². The molecule has 0 amide bonds. The highest BCUT2D eigenvalue weighted by molar-refractivity contribution is 5.79. The predicted octanol–water partition coefficient (Wildman–Crippen LogP) is 1.34. The van der Waals surface area contributed by atoms with Crippen LogP contribution < -0.4 is 18.9 Å². The fraction of sp³-hybridized carbons (Fsp3) is 0.552. The SMILES string of the molecule is COc1cc([C@H]2c3cc4c(cc3[C@@H](O[C@@H]3O[C@H]5CO[C@@H](C)O[C@H]5[C@H](O)[C@@H]3O)[C@H]3COC(=O)[C@H]23)OCO4)cc(OC)c1O. The van der Waals surface area contributed by atoms with E-state index in [1.807, 2.05) is 0 Å². The number of aliphatic hydroxyl groups excluding tert-OH is 2. The zero-order valence-electron chi connectivity index (χ0n) is 23.1. The first-order valence-corrected chi connectivity index (χ1v) is 13.8. The molecule has 0 unspecified atom stereocenters. The Kier molecular flexibility index (Phi) is 6.83. The Labute approximate surface area is 240 Å². The number of cyclic esters (lactones) is 1. The van der Waals surface area contributed by atoms with Crippen molar-refractivity contribution in [1.29, 1.82) is 0 Å². The van der Waals surface area contributed by atoms with E-state index in [-0.39, 0.29) is 37.3 Å². The largest absolute Gasteiger partial charge is 0.502 e. The standard InChI is InChI=1S/C29H32O13/c1-11-36-9-20-27(40-11)24(31)25(32)29(41-20)42-26-14-7-17-16(38-10-39-17)6-13(14)21(22-15(26)8-37-28(22)33)12-4-18(34-2)23(30)19(5-12)35-3/h4-7,11,15,20-22,24-27,29-32H,8-10H2,1-3H3/t11-,15+,20+,21+,22+,24-,25+,26-,27-,29+/m1/s1. The summed E-state index contributed by atoms with van der Waals surface area (Å²) in [7, 11) is 2.86. The van der Waals surface area contributed by atoms with E-state index in [4.69, 9.17) is 42.6 Å². The van der Waals surface area contributed by atoms with E-state index in [9.17, 15) is 20.1 Å². The van der Waals surface area contributed by atoms with Crippen LogP contribution >= 0.6 is 0 Å². The molecule has 13 nitrogen and oxygen atoms in total. The minimum atomic E-state index is -1.44. The molecule has 2 aromatic carbocycles. The van der Waals surface area contributed by atoms with Crippen molar-refractivity contribution in [2.75, 3.05) is 34.2 Å². The average molecular weight is 589 g/mol. The van der Waals surface area contributed by atoms with E-state index < -0.39 is 66.8 Å². The molecule has 13 heteroatoms. The van der Waals surface area contributed by atoms with E-state index in [0.717, 1.165) is 0 Å². The van der Waals surface area contributed by atoms with E-state index >= 15 is 0 Å². The molecule has 1 aliphatic carbocycles. The summed E-state index contributed by atoms with van der Waals surface area (Å²) in [6, 6.07) is 6.93. The van der Waals surface area contributed by atoms with Crippen molar-refractivity contribution >= 4 is 5.97 Å². The van der Waals surface area contributed by atoms with Gasteiger partial charge in [0.25, 0.3) is 0 Å². The molecule has 4 aliphatic heterocycles. The summed E-state index contributed by atoms with van der Waals surface area (Å²) in [6.07, 6.45) is -6.80. The molecule has 3 saturated heterocycles. The summed E-state index contributed by atoms with van der Waals surface area (Å²) in [4.78, 5) is 13.4. The Balaban J connectivity index is 1.32. The first-order valence-electron chi connectivity index (χ1n) is 13.8. The maximum atomic E-state index is 13.4. The van der Waals surface area contributed by atoms with Gasteiger partial charge in [-0.15, -0.1) is 0 Å². The van der Waals surface area contributed by atoms with Gasteiger partial charge in [-0.1, -0.05) is 0 Å². The van der Waals surface area contributed by atoms with Gasteiger partial charge in [-0.3, -0.25) is 4.79 Å². The van der Waals surface area contributed by atoms with Gasteiger partial charge in [0, 0.05) is 11.8 Å². The zero-order valence-corrected chi connectivity index (χ0v) is 23.1. The predicted molar refractivity (Wildman–Crippen MR) is 138 cm³/mol. The smallest absolute Gasteiger partial charge is 0.310 e. The van der Waals surface area contributed by atoms with Gasteiger partial charge in [0.1, 0.15) is 24.4 Å². The Hall–Kier alpha value is -3.33. The number of fused-ring (bicyclic) bond motifs is 4. The number of benzene rings is 2. The van der Waals surface area contributed by atoms with Crippen molar-refractivity contribution in [3.05, 3.63) is 41.0 Å². The van der Waals surface area contributed by atoms with Crippen LogP contribution in [0.3, 0.4) is 0 Å². The van der Waals surface area contributed by atoms with Crippen molar-refractivity contribution in [3.63, 3.8) is 0 Å². The number of esters is 1. The second-order valence-corrected chi connectivity index (χ2v) is 11.0. The van der Waals surface area contributed by atoms with Crippen LogP contribution in [-0.4, -0.2) is 92.5 Å². The number of carbonyl (C=O) groups excluding carboxylic acids is 1. The van der Waals surface area contributed by atoms with Crippen molar-refractivity contribution in [3.8, 4) is 28.7 Å². The number of carbonyl (C=O) groups is 1. The highest BCUT2D eigenvalue weighted by Crippen LogP contribution is 2.57. The number of ether oxygens (including phenoxy) is 9. The molecule has 7 rings (SSSR count). The lowest BCUT2D eigenvalue weighted by Gasteiger charge is -2.47. The minimum absolute atomic E-state index is 0.0301. The van der Waals surface area contributed by atoms with Crippen LogP contribution in [0.15, 0.2) is 24.3 Å². The van der Waals surface area contributed by atoms with Gasteiger partial charge in [0.15, 0.2) is 35.6 Å². The maximum Gasteiger partial charge on any atom is 0.310 e. The molecule has 0 radical (unpaired) electrons. The highest BCUT2D eigenvalue weighted by Gasteiger charge is 2.56. The lowest BCUT2D eigenvalue weighted by atomic mass is 9.66. The quantitative estimate of drug-likeness (QED) is 0.430. The first kappa shape index (κ1) is 27.5. The molecular formula is C29H32O13. The molecule has 0 aromatic heterocycles. The normalized spacial score (nSPS) is 36.5. The lowest BCUT2D eigenvalue weighted by molar-refractivity contribution is -0.364. The molecule has 42 heavy (non-hydrogen) atoms. The van der Waals surface area contributed by atoms with Gasteiger partial charge in [-0.05, 0) is 47.9 Å². The van der Waals surface area contributed by atoms with Crippen molar-refractivity contribution in [2.45, 2.75) is 55.9 Å². The van der Waals surface area contributed by atoms with Gasteiger partial charge in [-0.25, -0.2) is 0 Å². The molecule has 3 N–H and O–H groups in total. The van der Waals surface area contributed by atoms with Gasteiger partial charge in [0.2, 0.25) is 12.5 Å². The van der Waals surface area contributed by atoms with Crippen LogP contribution in [0.1, 0.15) is 35.6 Å². The number of methoxy groups -OCH3 is 2. The van der Waals surface area contributed by atoms with Crippen molar-refractivity contribution in [2.24, 2.45) is 11.8 Å².